The number of alkyl halides is 3. The number of aliphatic carboxylic acids is 1. The van der Waals surface area contributed by atoms with E-state index in [9.17, 15) is 18.0 Å². The minimum Gasteiger partial charge on any atom is -0.542 e. The molecule has 11 heteroatoms. The average Bonchev–Trinajstić information content (AvgIpc) is 2.96. The first-order valence-electron chi connectivity index (χ1n) is 13.1. The van der Waals surface area contributed by atoms with Crippen LogP contribution in [0.4, 0.5) is 13.2 Å². The zero-order valence-electron chi connectivity index (χ0n) is 23.0. The second-order valence-corrected chi connectivity index (χ2v) is 12.8. The van der Waals surface area contributed by atoms with E-state index >= 15 is 0 Å². The summed E-state index contributed by atoms with van der Waals surface area (Å²) in [5, 5.41) is 19.6. The summed E-state index contributed by atoms with van der Waals surface area (Å²) in [6.45, 7) is 1.46. The fourth-order valence-electron chi connectivity index (χ4n) is 4.33. The number of nitrogens with two attached hydrogens (primary N) is 1. The van der Waals surface area contributed by atoms with Gasteiger partial charge < -0.3 is 26.0 Å². The van der Waals surface area contributed by atoms with Gasteiger partial charge in [0.05, 0.1) is 6.16 Å². The molecule has 0 aliphatic heterocycles. The summed E-state index contributed by atoms with van der Waals surface area (Å²) >= 11 is 0. The number of amides is 1. The Balaban J connectivity index is 0.000000745. The summed E-state index contributed by atoms with van der Waals surface area (Å²) < 4.78 is 31.5. The van der Waals surface area contributed by atoms with Crippen molar-refractivity contribution in [2.75, 3.05) is 26.3 Å². The Morgan fingerprint density at radius 3 is 1.71 bits per heavy atom. The van der Waals surface area contributed by atoms with Crippen molar-refractivity contribution in [1.82, 2.24) is 10.2 Å². The Hall–Kier alpha value is -3.91. The lowest BCUT2D eigenvalue weighted by molar-refractivity contribution is -0.344. The van der Waals surface area contributed by atoms with Crippen molar-refractivity contribution in [3.05, 3.63) is 91.0 Å². The molecule has 3 rings (SSSR count). The van der Waals surface area contributed by atoms with Crippen molar-refractivity contribution >= 4 is 41.4 Å². The number of halogens is 3. The van der Waals surface area contributed by atoms with E-state index in [1.807, 2.05) is 11.9 Å². The van der Waals surface area contributed by atoms with E-state index in [0.717, 1.165) is 32.0 Å². The van der Waals surface area contributed by atoms with Gasteiger partial charge in [0.2, 0.25) is 5.91 Å². The fourth-order valence-corrected chi connectivity index (χ4v) is 8.74. The number of unbranched alkanes of at least 4 members (excludes halogenated alkanes) is 1. The molecule has 0 aliphatic rings. The molecule has 3 aromatic rings. The van der Waals surface area contributed by atoms with Crippen LogP contribution in [0.15, 0.2) is 96.1 Å². The number of carbonyl (C=O) groups is 2. The number of rotatable bonds is 13. The number of nitrogens with zero attached hydrogens (tertiary/aromatic N) is 2. The van der Waals surface area contributed by atoms with Gasteiger partial charge in [0, 0.05) is 26.6 Å². The smallest absolute Gasteiger partial charge is 0.430 e. The van der Waals surface area contributed by atoms with Crippen molar-refractivity contribution < 1.29 is 27.9 Å². The van der Waals surface area contributed by atoms with Crippen LogP contribution in [0, 0.1) is 0 Å². The standard InChI is InChI=1S/C28H35N4OP.C2HF3O2/c1-32(24-31-29)22-13-20-28(33)30-21-11-12-23-34(25-14-5-2-6-15-25,26-16-7-3-8-17-26)27-18-9-4-10-19-27;3-2(4,5)1(6)7/h2-10,14-19,24H,11-13,20-23,29H2,1H3;(H,6,7). The van der Waals surface area contributed by atoms with Gasteiger partial charge in [0.25, 0.3) is 0 Å². The molecule has 220 valence electrons. The summed E-state index contributed by atoms with van der Waals surface area (Å²) in [5.74, 6) is 2.25. The quantitative estimate of drug-likeness (QED) is 0.0797. The Bertz CT molecular complexity index is 1120. The first-order valence-corrected chi connectivity index (χ1v) is 15.1. The van der Waals surface area contributed by atoms with E-state index in [2.05, 4.69) is 101 Å². The zero-order valence-corrected chi connectivity index (χ0v) is 23.9. The van der Waals surface area contributed by atoms with Crippen LogP contribution in [0.25, 0.3) is 0 Å². The predicted molar refractivity (Wildman–Crippen MR) is 158 cm³/mol. The fraction of sp³-hybridized carbons (Fsp3) is 0.300. The van der Waals surface area contributed by atoms with E-state index in [-0.39, 0.29) is 5.91 Å². The first kappa shape index (κ1) is 33.3. The van der Waals surface area contributed by atoms with Crippen LogP contribution in [-0.4, -0.2) is 55.6 Å². The highest BCUT2D eigenvalue weighted by Crippen LogP contribution is 2.55. The number of carbonyl (C=O) groups excluding carboxylic acids is 2. The van der Waals surface area contributed by atoms with Gasteiger partial charge in [-0.1, -0.05) is 54.6 Å². The zero-order chi connectivity index (χ0) is 30.1. The topological polar surface area (TPSA) is 111 Å². The number of hydrazone groups is 1. The first-order chi connectivity index (χ1) is 19.6. The van der Waals surface area contributed by atoms with E-state index in [0.29, 0.717) is 13.0 Å². The Labute approximate surface area is 239 Å². The predicted octanol–water partition coefficient (Wildman–Crippen LogP) is 2.79. The van der Waals surface area contributed by atoms with Gasteiger partial charge in [-0.2, -0.15) is 18.3 Å². The number of hydrogen-bond acceptors (Lipinski definition) is 5. The number of carboxylic acid groups (broad SMARTS) is 1. The maximum Gasteiger partial charge on any atom is 0.430 e. The molecule has 7 nitrogen and oxygen atoms in total. The maximum absolute atomic E-state index is 12.2. The van der Waals surface area contributed by atoms with Gasteiger partial charge in [0.15, 0.2) is 0 Å². The van der Waals surface area contributed by atoms with E-state index < -0.39 is 19.4 Å². The van der Waals surface area contributed by atoms with Gasteiger partial charge in [-0.15, -0.1) is 0 Å². The van der Waals surface area contributed by atoms with Crippen LogP contribution in [0.3, 0.4) is 0 Å². The van der Waals surface area contributed by atoms with Gasteiger partial charge in [0.1, 0.15) is 35.5 Å². The summed E-state index contributed by atoms with van der Waals surface area (Å²) in [6.07, 6.45) is 0.739. The second-order valence-electron chi connectivity index (χ2n) is 9.23. The van der Waals surface area contributed by atoms with E-state index in [1.54, 1.807) is 6.34 Å². The van der Waals surface area contributed by atoms with Gasteiger partial charge >= 0.3 is 6.18 Å². The SMILES string of the molecule is CN(C=NN)CCCC(=O)NCCCC[P+](c1ccccc1)(c1ccccc1)c1ccccc1.O=C([O-])C(F)(F)F. The lowest BCUT2D eigenvalue weighted by Crippen LogP contribution is -2.37. The molecule has 0 fully saturated rings. The molecule has 3 N–H and O–H groups in total. The molecule has 0 heterocycles. The van der Waals surface area contributed by atoms with Gasteiger partial charge in [-0.3, -0.25) is 4.79 Å². The highest BCUT2D eigenvalue weighted by molar-refractivity contribution is 7.95. The van der Waals surface area contributed by atoms with Crippen LogP contribution >= 0.6 is 7.26 Å². The number of hydrogen-bond donors (Lipinski definition) is 2. The molecule has 0 unspecified atom stereocenters. The van der Waals surface area contributed by atoms with Gasteiger partial charge in [-0.05, 0) is 55.7 Å². The Morgan fingerprint density at radius 2 is 1.32 bits per heavy atom. The molecular weight excluding hydrogens is 552 g/mol. The van der Waals surface area contributed by atoms with Gasteiger partial charge in [-0.25, -0.2) is 0 Å². The lowest BCUT2D eigenvalue weighted by atomic mass is 10.2. The monoisotopic (exact) mass is 588 g/mol. The molecule has 0 aromatic heterocycles. The third-order valence-corrected chi connectivity index (χ3v) is 10.8. The maximum atomic E-state index is 12.2. The summed E-state index contributed by atoms with van der Waals surface area (Å²) in [5.41, 5.74) is 0. The number of carboxylic acids is 1. The van der Waals surface area contributed by atoms with Crippen molar-refractivity contribution in [2.45, 2.75) is 31.9 Å². The van der Waals surface area contributed by atoms with Crippen molar-refractivity contribution in [2.24, 2.45) is 10.9 Å². The summed E-state index contributed by atoms with van der Waals surface area (Å²) in [7, 11) is 0.105. The number of nitrogens with one attached hydrogen (secondary N) is 1. The molecule has 0 bridgehead atoms. The molecule has 0 saturated heterocycles. The Morgan fingerprint density at radius 1 is 0.878 bits per heavy atom. The number of benzene rings is 3. The third-order valence-electron chi connectivity index (χ3n) is 6.24. The minimum absolute atomic E-state index is 0.105. The highest BCUT2D eigenvalue weighted by atomic mass is 31.2. The van der Waals surface area contributed by atoms with Crippen LogP contribution in [0.1, 0.15) is 25.7 Å². The minimum atomic E-state index is -5.19. The van der Waals surface area contributed by atoms with Crippen LogP contribution in [-0.2, 0) is 9.59 Å². The summed E-state index contributed by atoms with van der Waals surface area (Å²) in [4.78, 5) is 22.9. The molecule has 0 atom stereocenters. The second kappa shape index (κ2) is 17.0. The summed E-state index contributed by atoms with van der Waals surface area (Å²) in [6, 6.07) is 32.8. The van der Waals surface area contributed by atoms with Crippen LogP contribution in [0.5, 0.6) is 0 Å². The molecule has 41 heavy (non-hydrogen) atoms. The van der Waals surface area contributed by atoms with Crippen molar-refractivity contribution in [1.29, 1.82) is 0 Å². The molecule has 0 radical (unpaired) electrons. The molecule has 0 saturated carbocycles. The highest BCUT2D eigenvalue weighted by Gasteiger charge is 2.44. The molecular formula is C30H36F3N4O3P. The largest absolute Gasteiger partial charge is 0.542 e. The van der Waals surface area contributed by atoms with Crippen LogP contribution in [0.2, 0.25) is 0 Å². The molecule has 3 aromatic carbocycles. The van der Waals surface area contributed by atoms with Crippen molar-refractivity contribution in [3.8, 4) is 0 Å². The van der Waals surface area contributed by atoms with E-state index in [1.165, 1.54) is 15.9 Å². The van der Waals surface area contributed by atoms with Crippen LogP contribution < -0.4 is 32.2 Å². The molecule has 0 spiro atoms. The molecule has 1 amide bonds. The molecule has 0 aliphatic carbocycles. The Kier molecular flexibility index (Phi) is 13.8. The van der Waals surface area contributed by atoms with Crippen molar-refractivity contribution in [3.63, 3.8) is 0 Å². The third kappa shape index (κ3) is 10.9. The normalized spacial score (nSPS) is 11.4. The lowest BCUT2D eigenvalue weighted by Gasteiger charge is -2.27. The average molecular weight is 589 g/mol. The van der Waals surface area contributed by atoms with E-state index in [4.69, 9.17) is 15.7 Å².